The second-order valence-corrected chi connectivity index (χ2v) is 9.01. The maximum atomic E-state index is 12.8. The fourth-order valence-electron chi connectivity index (χ4n) is 3.86. The molecule has 0 saturated heterocycles. The summed E-state index contributed by atoms with van der Waals surface area (Å²) in [5.41, 5.74) is 4.11. The summed E-state index contributed by atoms with van der Waals surface area (Å²) in [5, 5.41) is 9.97. The normalized spacial score (nSPS) is 11.2. The third kappa shape index (κ3) is 5.26. The molecule has 3 aromatic heterocycles. The van der Waals surface area contributed by atoms with Crippen molar-refractivity contribution >= 4 is 28.5 Å². The number of benzene rings is 2. The summed E-state index contributed by atoms with van der Waals surface area (Å²) in [4.78, 5) is 26.2. The highest BCUT2D eigenvalue weighted by Gasteiger charge is 2.23. The van der Waals surface area contributed by atoms with Crippen LogP contribution in [-0.2, 0) is 11.3 Å². The highest BCUT2D eigenvalue weighted by atomic mass is 35.5. The van der Waals surface area contributed by atoms with Crippen LogP contribution in [0.25, 0.3) is 27.8 Å². The third-order valence-corrected chi connectivity index (χ3v) is 5.72. The number of halogens is 1. The monoisotopic (exact) mass is 514 g/mol. The molecule has 186 valence electrons. The second kappa shape index (κ2) is 10.3. The summed E-state index contributed by atoms with van der Waals surface area (Å²) in [6.45, 7) is 5.41. The molecule has 5 rings (SSSR count). The third-order valence-electron chi connectivity index (χ3n) is 5.48. The molecule has 0 aliphatic carbocycles. The quantitative estimate of drug-likeness (QED) is 0.267. The number of pyridine rings is 1. The highest BCUT2D eigenvalue weighted by molar-refractivity contribution is 6.31. The smallest absolute Gasteiger partial charge is 0.342 e. The van der Waals surface area contributed by atoms with Crippen molar-refractivity contribution in [1.82, 2.24) is 29.9 Å². The molecular formula is C27H23ClN6O3. The van der Waals surface area contributed by atoms with Gasteiger partial charge in [0.25, 0.3) is 0 Å². The van der Waals surface area contributed by atoms with Gasteiger partial charge in [-0.1, -0.05) is 47.1 Å². The standard InChI is InChI=1S/C27H23ClN6O3/c1-16(2)37-26(35)24-17(3)30-27(31-25(24)18-7-5-4-6-8-18)36-15-20-14-34(33-32-20)23-11-12-29-22-13-19(28)9-10-21(22)23/h4-14,16H,15H2,1-3H3. The number of esters is 1. The zero-order chi connectivity index (χ0) is 25.9. The average molecular weight is 515 g/mol. The molecule has 0 N–H and O–H groups in total. The number of nitrogens with zero attached hydrogens (tertiary/aromatic N) is 6. The molecule has 3 heterocycles. The second-order valence-electron chi connectivity index (χ2n) is 8.57. The van der Waals surface area contributed by atoms with Crippen LogP contribution in [0, 0.1) is 6.92 Å². The number of fused-ring (bicyclic) bond motifs is 1. The van der Waals surface area contributed by atoms with E-state index in [9.17, 15) is 4.79 Å². The lowest BCUT2D eigenvalue weighted by Crippen LogP contribution is -2.16. The van der Waals surface area contributed by atoms with E-state index in [0.29, 0.717) is 27.7 Å². The van der Waals surface area contributed by atoms with E-state index in [1.165, 1.54) is 0 Å². The molecule has 5 aromatic rings. The van der Waals surface area contributed by atoms with Crippen molar-refractivity contribution in [2.45, 2.75) is 33.5 Å². The minimum Gasteiger partial charge on any atom is -0.459 e. The molecule has 10 heteroatoms. The number of aromatic nitrogens is 6. The zero-order valence-electron chi connectivity index (χ0n) is 20.4. The Morgan fingerprint density at radius 3 is 2.68 bits per heavy atom. The van der Waals surface area contributed by atoms with Gasteiger partial charge in [-0.2, -0.15) is 9.97 Å². The van der Waals surface area contributed by atoms with E-state index >= 15 is 0 Å². The molecule has 0 bridgehead atoms. The van der Waals surface area contributed by atoms with E-state index in [1.54, 1.807) is 50.0 Å². The van der Waals surface area contributed by atoms with Gasteiger partial charge in [-0.05, 0) is 45.0 Å². The van der Waals surface area contributed by atoms with E-state index in [1.807, 2.05) is 42.5 Å². The number of hydrogen-bond donors (Lipinski definition) is 0. The van der Waals surface area contributed by atoms with Crippen molar-refractivity contribution in [3.63, 3.8) is 0 Å². The van der Waals surface area contributed by atoms with E-state index < -0.39 is 5.97 Å². The fourth-order valence-corrected chi connectivity index (χ4v) is 4.03. The number of carbonyl (C=O) groups is 1. The lowest BCUT2D eigenvalue weighted by atomic mass is 10.0. The van der Waals surface area contributed by atoms with Gasteiger partial charge in [0.15, 0.2) is 0 Å². The van der Waals surface area contributed by atoms with Gasteiger partial charge in [0, 0.05) is 22.2 Å². The number of aryl methyl sites for hydroxylation is 1. The molecule has 0 saturated carbocycles. The first-order valence-electron chi connectivity index (χ1n) is 11.6. The summed E-state index contributed by atoms with van der Waals surface area (Å²) >= 11 is 6.10. The number of hydrogen-bond acceptors (Lipinski definition) is 8. The fraction of sp³-hybridized carbons (Fsp3) is 0.185. The van der Waals surface area contributed by atoms with Gasteiger partial charge in [0.05, 0.1) is 34.9 Å². The van der Waals surface area contributed by atoms with Crippen molar-refractivity contribution in [3.05, 3.63) is 89.0 Å². The molecule has 37 heavy (non-hydrogen) atoms. The predicted molar refractivity (Wildman–Crippen MR) is 139 cm³/mol. The Morgan fingerprint density at radius 2 is 1.89 bits per heavy atom. The van der Waals surface area contributed by atoms with Crippen LogP contribution in [0.15, 0.2) is 67.0 Å². The van der Waals surface area contributed by atoms with E-state index in [4.69, 9.17) is 21.1 Å². The summed E-state index contributed by atoms with van der Waals surface area (Å²) in [6.07, 6.45) is 3.19. The van der Waals surface area contributed by atoms with Crippen molar-refractivity contribution in [2.24, 2.45) is 0 Å². The maximum absolute atomic E-state index is 12.8. The molecule has 0 spiro atoms. The molecule has 9 nitrogen and oxygen atoms in total. The molecule has 0 radical (unpaired) electrons. The first-order valence-corrected chi connectivity index (χ1v) is 12.0. The van der Waals surface area contributed by atoms with Gasteiger partial charge < -0.3 is 9.47 Å². The maximum Gasteiger partial charge on any atom is 0.342 e. The number of carbonyl (C=O) groups excluding carboxylic acids is 1. The van der Waals surface area contributed by atoms with Crippen LogP contribution < -0.4 is 4.74 Å². The Labute approximate surface area is 218 Å². The minimum absolute atomic E-state index is 0.0816. The lowest BCUT2D eigenvalue weighted by molar-refractivity contribution is 0.0376. The largest absolute Gasteiger partial charge is 0.459 e. The predicted octanol–water partition coefficient (Wildman–Crippen LogP) is 5.38. The molecule has 0 unspecified atom stereocenters. The molecule has 2 aromatic carbocycles. The summed E-state index contributed by atoms with van der Waals surface area (Å²) in [5.74, 6) is -0.480. The Balaban J connectivity index is 1.42. The van der Waals surface area contributed by atoms with Crippen LogP contribution in [0.1, 0.15) is 35.6 Å². The van der Waals surface area contributed by atoms with Crippen molar-refractivity contribution in [2.75, 3.05) is 0 Å². The minimum atomic E-state index is -0.480. The van der Waals surface area contributed by atoms with Crippen LogP contribution >= 0.6 is 11.6 Å². The Hall–Kier alpha value is -4.37. The van der Waals surface area contributed by atoms with E-state index in [0.717, 1.165) is 22.2 Å². The van der Waals surface area contributed by atoms with Gasteiger partial charge in [0.1, 0.15) is 17.9 Å². The molecular weight excluding hydrogens is 492 g/mol. The first kappa shape index (κ1) is 24.3. The number of rotatable bonds is 7. The van der Waals surface area contributed by atoms with Gasteiger partial charge in [-0.15, -0.1) is 5.10 Å². The van der Waals surface area contributed by atoms with Crippen LogP contribution in [0.4, 0.5) is 0 Å². The van der Waals surface area contributed by atoms with Crippen LogP contribution in [0.2, 0.25) is 5.02 Å². The summed E-state index contributed by atoms with van der Waals surface area (Å²) < 4.78 is 13.0. The van der Waals surface area contributed by atoms with Gasteiger partial charge in [-0.25, -0.2) is 9.48 Å². The molecule has 0 aliphatic rings. The summed E-state index contributed by atoms with van der Waals surface area (Å²) in [7, 11) is 0. The van der Waals surface area contributed by atoms with E-state index in [-0.39, 0.29) is 18.7 Å². The summed E-state index contributed by atoms with van der Waals surface area (Å²) in [6, 6.07) is 16.9. The van der Waals surface area contributed by atoms with Gasteiger partial charge in [0.2, 0.25) is 0 Å². The highest BCUT2D eigenvalue weighted by Crippen LogP contribution is 2.27. The first-order chi connectivity index (χ1) is 17.9. The lowest BCUT2D eigenvalue weighted by Gasteiger charge is -2.14. The molecule has 0 amide bonds. The SMILES string of the molecule is Cc1nc(OCc2cn(-c3ccnc4cc(Cl)ccc34)nn2)nc(-c2ccccc2)c1C(=O)OC(C)C. The zero-order valence-corrected chi connectivity index (χ0v) is 21.2. The Kier molecular flexibility index (Phi) is 6.78. The van der Waals surface area contributed by atoms with Crippen molar-refractivity contribution in [3.8, 4) is 23.0 Å². The van der Waals surface area contributed by atoms with Crippen molar-refractivity contribution in [1.29, 1.82) is 0 Å². The average Bonchev–Trinajstić information content (AvgIpc) is 3.35. The molecule has 0 aliphatic heterocycles. The van der Waals surface area contributed by atoms with Gasteiger partial charge >= 0.3 is 12.0 Å². The topological polar surface area (TPSA) is 105 Å². The van der Waals surface area contributed by atoms with E-state index in [2.05, 4.69) is 25.3 Å². The molecule has 0 fully saturated rings. The van der Waals surface area contributed by atoms with Crippen LogP contribution in [-0.4, -0.2) is 42.0 Å². The van der Waals surface area contributed by atoms with Crippen LogP contribution in [0.3, 0.4) is 0 Å². The van der Waals surface area contributed by atoms with Crippen LogP contribution in [0.5, 0.6) is 6.01 Å². The Bertz CT molecular complexity index is 1590. The van der Waals surface area contributed by atoms with Gasteiger partial charge in [-0.3, -0.25) is 4.98 Å². The molecule has 0 atom stereocenters. The van der Waals surface area contributed by atoms with Crippen molar-refractivity contribution < 1.29 is 14.3 Å². The Morgan fingerprint density at radius 1 is 1.08 bits per heavy atom. The number of ether oxygens (including phenoxy) is 2.